The number of nitro benzene ring substituents is 1. The highest BCUT2D eigenvalue weighted by atomic mass is 16.6. The van der Waals surface area contributed by atoms with Crippen LogP contribution in [0.25, 0.3) is 22.5 Å². The van der Waals surface area contributed by atoms with Crippen LogP contribution in [0, 0.1) is 10.1 Å². The summed E-state index contributed by atoms with van der Waals surface area (Å²) in [6.07, 6.45) is 7.79. The van der Waals surface area contributed by atoms with Gasteiger partial charge in [-0.25, -0.2) is 15.0 Å². The van der Waals surface area contributed by atoms with Crippen LogP contribution in [0.1, 0.15) is 10.4 Å². The molecule has 0 spiro atoms. The summed E-state index contributed by atoms with van der Waals surface area (Å²) in [7, 11) is 0. The molecule has 10 nitrogen and oxygen atoms in total. The quantitative estimate of drug-likeness (QED) is 0.338. The number of carbonyl (C=O) groups excluding carboxylic acids is 1. The first-order valence-electron chi connectivity index (χ1n) is 9.57. The summed E-state index contributed by atoms with van der Waals surface area (Å²) in [5.41, 5.74) is 2.52. The van der Waals surface area contributed by atoms with E-state index in [1.165, 1.54) is 41.5 Å². The molecule has 10 heteroatoms. The zero-order valence-electron chi connectivity index (χ0n) is 16.5. The molecule has 0 unspecified atom stereocenters. The number of anilines is 1. The van der Waals surface area contributed by atoms with Gasteiger partial charge in [0.1, 0.15) is 17.8 Å². The van der Waals surface area contributed by atoms with Crippen molar-refractivity contribution in [2.45, 2.75) is 0 Å². The van der Waals surface area contributed by atoms with Gasteiger partial charge in [0.25, 0.3) is 11.6 Å². The van der Waals surface area contributed by atoms with E-state index < -0.39 is 10.8 Å². The van der Waals surface area contributed by atoms with E-state index in [0.717, 1.165) is 11.0 Å². The van der Waals surface area contributed by atoms with Gasteiger partial charge in [0, 0.05) is 24.0 Å². The molecule has 2 aromatic carbocycles. The fourth-order valence-electron chi connectivity index (χ4n) is 3.38. The van der Waals surface area contributed by atoms with Crippen molar-refractivity contribution >= 4 is 28.3 Å². The molecule has 3 aromatic heterocycles. The molecule has 0 fully saturated rings. The van der Waals surface area contributed by atoms with Gasteiger partial charge in [-0.15, -0.1) is 0 Å². The summed E-state index contributed by atoms with van der Waals surface area (Å²) in [6.45, 7) is 0. The van der Waals surface area contributed by atoms with Crippen LogP contribution in [0.4, 0.5) is 11.4 Å². The second-order valence-electron chi connectivity index (χ2n) is 6.89. The Hall–Kier alpha value is -4.86. The monoisotopic (exact) mass is 425 g/mol. The van der Waals surface area contributed by atoms with Gasteiger partial charge in [0.05, 0.1) is 34.2 Å². The molecule has 0 atom stereocenters. The third-order valence-electron chi connectivity index (χ3n) is 4.92. The summed E-state index contributed by atoms with van der Waals surface area (Å²) >= 11 is 0. The summed E-state index contributed by atoms with van der Waals surface area (Å²) in [4.78, 5) is 36.3. The highest BCUT2D eigenvalue weighted by Crippen LogP contribution is 2.25. The number of carbonyl (C=O) groups is 1. The summed E-state index contributed by atoms with van der Waals surface area (Å²) in [5, 5.41) is 14.2. The summed E-state index contributed by atoms with van der Waals surface area (Å²) in [6, 6.07) is 15.4. The number of aromatic nitrogens is 5. The topological polar surface area (TPSA) is 121 Å². The zero-order chi connectivity index (χ0) is 22.1. The van der Waals surface area contributed by atoms with E-state index >= 15 is 0 Å². The second-order valence-corrected chi connectivity index (χ2v) is 6.89. The Labute approximate surface area is 181 Å². The van der Waals surface area contributed by atoms with Crippen molar-refractivity contribution in [2.75, 3.05) is 5.32 Å². The molecule has 5 aromatic rings. The number of nitrogens with one attached hydrogen (secondary N) is 1. The molecule has 0 aliphatic carbocycles. The maximum absolute atomic E-state index is 12.7. The van der Waals surface area contributed by atoms with Crippen molar-refractivity contribution in [2.24, 2.45) is 0 Å². The van der Waals surface area contributed by atoms with E-state index in [0.29, 0.717) is 17.2 Å². The van der Waals surface area contributed by atoms with Crippen molar-refractivity contribution in [3.05, 3.63) is 102 Å². The molecule has 0 saturated heterocycles. The smallest absolute Gasteiger partial charge is 0.294 e. The van der Waals surface area contributed by atoms with E-state index in [2.05, 4.69) is 20.3 Å². The van der Waals surface area contributed by atoms with Gasteiger partial charge < -0.3 is 9.88 Å². The SMILES string of the molecule is O=C(Nc1ccc(-n2cnc3ccccc32)nc1)c1ccc(-n2ccnc2)c([N+](=O)[O-])c1. The lowest BCUT2D eigenvalue weighted by molar-refractivity contribution is -0.384. The third-order valence-corrected chi connectivity index (χ3v) is 4.92. The number of hydrogen-bond donors (Lipinski definition) is 1. The highest BCUT2D eigenvalue weighted by Gasteiger charge is 2.19. The number of nitrogens with zero attached hydrogens (tertiary/aromatic N) is 6. The highest BCUT2D eigenvalue weighted by molar-refractivity contribution is 6.04. The molecule has 0 saturated carbocycles. The lowest BCUT2D eigenvalue weighted by atomic mass is 10.1. The van der Waals surface area contributed by atoms with Crippen LogP contribution in [0.15, 0.2) is 85.8 Å². The molecule has 0 aliphatic heterocycles. The number of benzene rings is 2. The standard InChI is InChI=1S/C22H15N7O3/c30-22(15-5-7-19(20(11-15)29(31)32)27-10-9-23-13-27)26-16-6-8-21(24-12-16)28-14-25-17-3-1-2-4-18(17)28/h1-14H,(H,26,30). The molecule has 0 aliphatic rings. The first kappa shape index (κ1) is 19.1. The number of amides is 1. The van der Waals surface area contributed by atoms with Gasteiger partial charge in [-0.1, -0.05) is 12.1 Å². The fraction of sp³-hybridized carbons (Fsp3) is 0. The van der Waals surface area contributed by atoms with Crippen molar-refractivity contribution in [1.82, 2.24) is 24.1 Å². The van der Waals surface area contributed by atoms with Gasteiger partial charge in [-0.05, 0) is 36.4 Å². The number of fused-ring (bicyclic) bond motifs is 1. The van der Waals surface area contributed by atoms with Gasteiger partial charge in [0.2, 0.25) is 0 Å². The van der Waals surface area contributed by atoms with Crippen LogP contribution < -0.4 is 5.32 Å². The summed E-state index contributed by atoms with van der Waals surface area (Å²) < 4.78 is 3.36. The molecular weight excluding hydrogens is 410 g/mol. The van der Waals surface area contributed by atoms with Crippen LogP contribution >= 0.6 is 0 Å². The number of para-hydroxylation sites is 2. The minimum atomic E-state index is -0.530. The Balaban J connectivity index is 1.38. The van der Waals surface area contributed by atoms with Crippen LogP contribution in [0.3, 0.4) is 0 Å². The third kappa shape index (κ3) is 3.45. The van der Waals surface area contributed by atoms with E-state index in [1.807, 2.05) is 28.8 Å². The predicted octanol–water partition coefficient (Wildman–Crippen LogP) is 3.77. The predicted molar refractivity (Wildman–Crippen MR) is 117 cm³/mol. The Bertz CT molecular complexity index is 1440. The lowest BCUT2D eigenvalue weighted by Gasteiger charge is -2.09. The fourth-order valence-corrected chi connectivity index (χ4v) is 3.38. The van der Waals surface area contributed by atoms with Crippen molar-refractivity contribution < 1.29 is 9.72 Å². The van der Waals surface area contributed by atoms with Gasteiger partial charge in [-0.3, -0.25) is 19.5 Å². The number of nitro groups is 1. The molecule has 0 bridgehead atoms. The number of pyridine rings is 1. The molecule has 0 radical (unpaired) electrons. The van der Waals surface area contributed by atoms with Gasteiger partial charge >= 0.3 is 0 Å². The van der Waals surface area contributed by atoms with E-state index in [-0.39, 0.29) is 11.3 Å². The minimum absolute atomic E-state index is 0.158. The maximum Gasteiger partial charge on any atom is 0.294 e. The maximum atomic E-state index is 12.7. The first-order valence-corrected chi connectivity index (χ1v) is 9.57. The molecule has 5 rings (SSSR count). The minimum Gasteiger partial charge on any atom is -0.321 e. The van der Waals surface area contributed by atoms with Crippen molar-refractivity contribution in [3.63, 3.8) is 0 Å². The Morgan fingerprint density at radius 1 is 1.03 bits per heavy atom. The van der Waals surface area contributed by atoms with Crippen molar-refractivity contribution in [3.8, 4) is 11.5 Å². The van der Waals surface area contributed by atoms with E-state index in [1.54, 1.807) is 24.7 Å². The van der Waals surface area contributed by atoms with Gasteiger partial charge in [0.15, 0.2) is 0 Å². The first-order chi connectivity index (χ1) is 15.6. The van der Waals surface area contributed by atoms with E-state index in [4.69, 9.17) is 0 Å². The summed E-state index contributed by atoms with van der Waals surface area (Å²) in [5.74, 6) is 0.171. The molecule has 1 amide bonds. The largest absolute Gasteiger partial charge is 0.321 e. The zero-order valence-corrected chi connectivity index (χ0v) is 16.5. The number of imidazole rings is 2. The average Bonchev–Trinajstić information content (AvgIpc) is 3.49. The van der Waals surface area contributed by atoms with Crippen molar-refractivity contribution in [1.29, 1.82) is 0 Å². The molecule has 3 heterocycles. The second kappa shape index (κ2) is 7.76. The van der Waals surface area contributed by atoms with E-state index in [9.17, 15) is 14.9 Å². The van der Waals surface area contributed by atoms with Crippen LogP contribution in [0.2, 0.25) is 0 Å². The molecule has 1 N–H and O–H groups in total. The lowest BCUT2D eigenvalue weighted by Crippen LogP contribution is -2.13. The molecule has 32 heavy (non-hydrogen) atoms. The Morgan fingerprint density at radius 2 is 1.91 bits per heavy atom. The Morgan fingerprint density at radius 3 is 2.66 bits per heavy atom. The van der Waals surface area contributed by atoms with Gasteiger partial charge in [-0.2, -0.15) is 0 Å². The molecular formula is C22H15N7O3. The number of hydrogen-bond acceptors (Lipinski definition) is 6. The normalized spacial score (nSPS) is 10.9. The Kier molecular flexibility index (Phi) is 4.64. The van der Waals surface area contributed by atoms with Crippen LogP contribution in [0.5, 0.6) is 0 Å². The number of rotatable bonds is 5. The molecule has 156 valence electrons. The average molecular weight is 425 g/mol. The van der Waals surface area contributed by atoms with Crippen LogP contribution in [-0.4, -0.2) is 34.9 Å². The van der Waals surface area contributed by atoms with Crippen LogP contribution in [-0.2, 0) is 0 Å².